The Morgan fingerprint density at radius 2 is 1.55 bits per heavy atom. The summed E-state index contributed by atoms with van der Waals surface area (Å²) >= 11 is 0. The van der Waals surface area contributed by atoms with Crippen molar-refractivity contribution in [1.29, 1.82) is 0 Å². The minimum atomic E-state index is -3.90. The van der Waals surface area contributed by atoms with Crippen molar-refractivity contribution >= 4 is 21.6 Å². The summed E-state index contributed by atoms with van der Waals surface area (Å²) in [6.45, 7) is 5.23. The van der Waals surface area contributed by atoms with Gasteiger partial charge in [-0.3, -0.25) is 4.79 Å². The van der Waals surface area contributed by atoms with Gasteiger partial charge in [-0.1, -0.05) is 48.5 Å². The molecule has 0 spiro atoms. The first-order valence-corrected chi connectivity index (χ1v) is 11.3. The van der Waals surface area contributed by atoms with Crippen molar-refractivity contribution in [3.63, 3.8) is 0 Å². The first-order chi connectivity index (χ1) is 14.6. The van der Waals surface area contributed by atoms with Crippen molar-refractivity contribution < 1.29 is 17.9 Å². The summed E-state index contributed by atoms with van der Waals surface area (Å²) in [5, 5.41) is 2.89. The number of para-hydroxylation sites is 1. The van der Waals surface area contributed by atoms with Gasteiger partial charge in [-0.2, -0.15) is 0 Å². The molecule has 6 nitrogen and oxygen atoms in total. The molecule has 0 saturated heterocycles. The van der Waals surface area contributed by atoms with Crippen LogP contribution in [0.25, 0.3) is 11.1 Å². The molecule has 0 aliphatic carbocycles. The molecular formula is C24H26N2O4S. The molecule has 3 aromatic carbocycles. The van der Waals surface area contributed by atoms with Crippen LogP contribution in [0.1, 0.15) is 31.1 Å². The van der Waals surface area contributed by atoms with Crippen molar-refractivity contribution in [2.24, 2.45) is 0 Å². The fraction of sp³-hybridized carbons (Fsp3) is 0.208. The topological polar surface area (TPSA) is 84.5 Å². The van der Waals surface area contributed by atoms with Crippen LogP contribution in [0, 0.1) is 0 Å². The van der Waals surface area contributed by atoms with E-state index in [1.54, 1.807) is 20.8 Å². The fourth-order valence-corrected chi connectivity index (χ4v) is 4.76. The zero-order chi connectivity index (χ0) is 22.6. The first kappa shape index (κ1) is 22.5. The van der Waals surface area contributed by atoms with Crippen LogP contribution in [-0.4, -0.2) is 27.0 Å². The summed E-state index contributed by atoms with van der Waals surface area (Å²) in [5.74, 6) is -0.253. The number of hydrogen-bond acceptors (Lipinski definition) is 4. The molecule has 0 bridgehead atoms. The summed E-state index contributed by atoms with van der Waals surface area (Å²) in [6, 6.07) is 21.5. The first-order valence-electron chi connectivity index (χ1n) is 9.78. The smallest absolute Gasteiger partial charge is 0.255 e. The van der Waals surface area contributed by atoms with Crippen LogP contribution >= 0.6 is 0 Å². The van der Waals surface area contributed by atoms with E-state index in [2.05, 4.69) is 10.0 Å². The lowest BCUT2D eigenvalue weighted by molar-refractivity contribution is 0.102. The van der Waals surface area contributed by atoms with Gasteiger partial charge in [0.15, 0.2) is 0 Å². The second-order valence-corrected chi connectivity index (χ2v) is 9.74. The van der Waals surface area contributed by atoms with Crippen LogP contribution in [0.15, 0.2) is 77.7 Å². The summed E-state index contributed by atoms with van der Waals surface area (Å²) < 4.78 is 33.6. The molecule has 1 amide bonds. The molecule has 0 unspecified atom stereocenters. The van der Waals surface area contributed by atoms with Gasteiger partial charge >= 0.3 is 0 Å². The molecule has 0 atom stereocenters. The van der Waals surface area contributed by atoms with E-state index in [1.165, 1.54) is 25.3 Å². The Kier molecular flexibility index (Phi) is 6.48. The quantitative estimate of drug-likeness (QED) is 0.585. The van der Waals surface area contributed by atoms with E-state index in [-0.39, 0.29) is 16.2 Å². The average molecular weight is 439 g/mol. The third-order valence-corrected chi connectivity index (χ3v) is 6.20. The highest BCUT2D eigenvalue weighted by Crippen LogP contribution is 2.29. The molecule has 0 aromatic heterocycles. The molecule has 0 fully saturated rings. The normalized spacial score (nSPS) is 11.7. The molecule has 3 rings (SSSR count). The lowest BCUT2D eigenvalue weighted by Gasteiger charge is -2.21. The number of benzene rings is 3. The Bertz CT molecular complexity index is 1180. The predicted molar refractivity (Wildman–Crippen MR) is 123 cm³/mol. The minimum Gasteiger partial charge on any atom is -0.495 e. The van der Waals surface area contributed by atoms with E-state index in [0.717, 1.165) is 11.1 Å². The molecule has 7 heteroatoms. The van der Waals surface area contributed by atoms with E-state index in [4.69, 9.17) is 4.74 Å². The molecule has 0 saturated carbocycles. The number of hydrogen-bond donors (Lipinski definition) is 2. The lowest BCUT2D eigenvalue weighted by atomic mass is 10.0. The maximum Gasteiger partial charge on any atom is 0.255 e. The molecule has 0 heterocycles. The maximum atomic E-state index is 13.0. The van der Waals surface area contributed by atoms with Gasteiger partial charge in [-0.05, 0) is 50.6 Å². The molecule has 162 valence electrons. The fourth-order valence-electron chi connectivity index (χ4n) is 3.14. The third-order valence-electron chi connectivity index (χ3n) is 4.42. The Morgan fingerprint density at radius 1 is 0.903 bits per heavy atom. The van der Waals surface area contributed by atoms with Crippen molar-refractivity contribution in [3.8, 4) is 16.9 Å². The van der Waals surface area contributed by atoms with Gasteiger partial charge in [0.2, 0.25) is 10.0 Å². The van der Waals surface area contributed by atoms with Crippen LogP contribution in [0.3, 0.4) is 0 Å². The van der Waals surface area contributed by atoms with Gasteiger partial charge in [-0.15, -0.1) is 0 Å². The monoisotopic (exact) mass is 438 g/mol. The van der Waals surface area contributed by atoms with Gasteiger partial charge in [0.25, 0.3) is 5.91 Å². The molecular weight excluding hydrogens is 412 g/mol. The number of sulfonamides is 1. The van der Waals surface area contributed by atoms with E-state index in [1.807, 2.05) is 54.6 Å². The maximum absolute atomic E-state index is 13.0. The number of nitrogens with one attached hydrogen (secondary N) is 2. The minimum absolute atomic E-state index is 0.0890. The van der Waals surface area contributed by atoms with E-state index < -0.39 is 21.5 Å². The molecule has 31 heavy (non-hydrogen) atoms. The van der Waals surface area contributed by atoms with Crippen molar-refractivity contribution in [2.75, 3.05) is 12.4 Å². The van der Waals surface area contributed by atoms with Gasteiger partial charge in [0, 0.05) is 22.4 Å². The zero-order valence-corrected chi connectivity index (χ0v) is 18.8. The standard InChI is InChI=1S/C24H26N2O4S/c1-24(2,3)26-31(28,29)22-16-18(14-15-21(22)30-4)23(27)25-20-13-9-8-12-19(20)17-10-6-5-7-11-17/h5-16,26H,1-4H3,(H,25,27). The number of carbonyl (C=O) groups is 1. The van der Waals surface area contributed by atoms with Gasteiger partial charge in [0.1, 0.15) is 10.6 Å². The summed E-state index contributed by atoms with van der Waals surface area (Å²) in [5.41, 5.74) is 1.99. The van der Waals surface area contributed by atoms with Gasteiger partial charge < -0.3 is 10.1 Å². The number of methoxy groups -OCH3 is 1. The van der Waals surface area contributed by atoms with E-state index in [0.29, 0.717) is 5.69 Å². The van der Waals surface area contributed by atoms with E-state index >= 15 is 0 Å². The van der Waals surface area contributed by atoms with Crippen LogP contribution in [0.4, 0.5) is 5.69 Å². The van der Waals surface area contributed by atoms with E-state index in [9.17, 15) is 13.2 Å². The van der Waals surface area contributed by atoms with Crippen LogP contribution in [0.2, 0.25) is 0 Å². The Labute approximate surface area is 183 Å². The van der Waals surface area contributed by atoms with Crippen LogP contribution < -0.4 is 14.8 Å². The second kappa shape index (κ2) is 8.91. The van der Waals surface area contributed by atoms with Gasteiger partial charge in [0.05, 0.1) is 7.11 Å². The van der Waals surface area contributed by atoms with Crippen molar-refractivity contribution in [2.45, 2.75) is 31.2 Å². The van der Waals surface area contributed by atoms with Crippen molar-refractivity contribution in [1.82, 2.24) is 4.72 Å². The number of anilines is 1. The van der Waals surface area contributed by atoms with Crippen LogP contribution in [-0.2, 0) is 10.0 Å². The highest BCUT2D eigenvalue weighted by atomic mass is 32.2. The lowest BCUT2D eigenvalue weighted by Crippen LogP contribution is -2.40. The number of ether oxygens (including phenoxy) is 1. The number of rotatable bonds is 6. The van der Waals surface area contributed by atoms with Crippen LogP contribution in [0.5, 0.6) is 5.75 Å². The highest BCUT2D eigenvalue weighted by Gasteiger charge is 2.26. The predicted octanol–water partition coefficient (Wildman–Crippen LogP) is 4.69. The largest absolute Gasteiger partial charge is 0.495 e. The Balaban J connectivity index is 1.96. The Hall–Kier alpha value is -3.16. The molecule has 0 radical (unpaired) electrons. The third kappa shape index (κ3) is 5.51. The average Bonchev–Trinajstić information content (AvgIpc) is 2.72. The van der Waals surface area contributed by atoms with Crippen molar-refractivity contribution in [3.05, 3.63) is 78.4 Å². The molecule has 0 aliphatic heterocycles. The molecule has 0 aliphatic rings. The second-order valence-electron chi connectivity index (χ2n) is 8.09. The molecule has 2 N–H and O–H groups in total. The summed E-state index contributed by atoms with van der Waals surface area (Å²) in [4.78, 5) is 12.9. The number of amides is 1. The van der Waals surface area contributed by atoms with Gasteiger partial charge in [-0.25, -0.2) is 13.1 Å². The summed E-state index contributed by atoms with van der Waals surface area (Å²) in [7, 11) is -2.51. The Morgan fingerprint density at radius 3 is 2.19 bits per heavy atom. The highest BCUT2D eigenvalue weighted by molar-refractivity contribution is 7.89. The molecule has 3 aromatic rings. The zero-order valence-electron chi connectivity index (χ0n) is 18.0. The SMILES string of the molecule is COc1ccc(C(=O)Nc2ccccc2-c2ccccc2)cc1S(=O)(=O)NC(C)(C)C. The number of carbonyl (C=O) groups excluding carboxylic acids is 1. The summed E-state index contributed by atoms with van der Waals surface area (Å²) in [6.07, 6.45) is 0.